The van der Waals surface area contributed by atoms with Gasteiger partial charge in [-0.3, -0.25) is 9.59 Å². The van der Waals surface area contributed by atoms with Crippen molar-refractivity contribution < 1.29 is 27.9 Å². The first kappa shape index (κ1) is 28.9. The van der Waals surface area contributed by atoms with Gasteiger partial charge in [0.25, 0.3) is 5.82 Å². The van der Waals surface area contributed by atoms with E-state index in [0.717, 1.165) is 5.56 Å². The van der Waals surface area contributed by atoms with Crippen molar-refractivity contribution in [3.63, 3.8) is 0 Å². The van der Waals surface area contributed by atoms with Gasteiger partial charge in [-0.2, -0.15) is 17.9 Å². The van der Waals surface area contributed by atoms with Crippen LogP contribution in [-0.2, 0) is 22.3 Å². The molecule has 1 aliphatic rings. The number of halogens is 4. The molecule has 2 amide bonds. The molecular weight excluding hydrogens is 527 g/mol. The molecule has 0 aliphatic carbocycles. The van der Waals surface area contributed by atoms with Gasteiger partial charge < -0.3 is 20.6 Å². The predicted molar refractivity (Wildman–Crippen MR) is 133 cm³/mol. The second-order valence-electron chi connectivity index (χ2n) is 8.77. The topological polar surface area (TPSA) is 125 Å². The van der Waals surface area contributed by atoms with E-state index in [2.05, 4.69) is 26.2 Å². The highest BCUT2D eigenvalue weighted by Crippen LogP contribution is 2.31. The normalized spacial score (nSPS) is 17.5. The quantitative estimate of drug-likeness (QED) is 0.410. The molecule has 10 nitrogen and oxygen atoms in total. The van der Waals surface area contributed by atoms with Crippen molar-refractivity contribution in [3.05, 3.63) is 65.5 Å². The first-order valence-electron chi connectivity index (χ1n) is 11.6. The maximum atomic E-state index is 13.2. The highest BCUT2D eigenvalue weighted by molar-refractivity contribution is 5.85. The van der Waals surface area contributed by atoms with E-state index in [1.54, 1.807) is 4.90 Å². The Hall–Kier alpha value is -3.71. The summed E-state index contributed by atoms with van der Waals surface area (Å²) in [6.45, 7) is 2.32. The summed E-state index contributed by atoms with van der Waals surface area (Å²) in [4.78, 5) is 25.5. The highest BCUT2D eigenvalue weighted by atomic mass is 35.5. The molecule has 2 aromatic carbocycles. The number of amides is 2. The van der Waals surface area contributed by atoms with E-state index in [1.807, 2.05) is 30.3 Å². The number of carbonyl (C=O) groups is 2. The first-order chi connectivity index (χ1) is 17.6. The van der Waals surface area contributed by atoms with Gasteiger partial charge in [-0.1, -0.05) is 30.3 Å². The molecule has 1 fully saturated rings. The van der Waals surface area contributed by atoms with Crippen LogP contribution in [0.4, 0.5) is 13.2 Å². The maximum Gasteiger partial charge on any atom is 0.453 e. The van der Waals surface area contributed by atoms with E-state index in [9.17, 15) is 27.9 Å². The van der Waals surface area contributed by atoms with Crippen LogP contribution in [0.2, 0.25) is 0 Å². The fourth-order valence-electron chi connectivity index (χ4n) is 4.40. The first-order valence-corrected chi connectivity index (χ1v) is 11.6. The Bertz CT molecular complexity index is 1260. The third kappa shape index (κ3) is 6.78. The van der Waals surface area contributed by atoms with Gasteiger partial charge in [-0.15, -0.1) is 17.5 Å². The monoisotopic (exact) mass is 553 g/mol. The number of rotatable bonds is 7. The molecule has 38 heavy (non-hydrogen) atoms. The fraction of sp³-hybridized carbons (Fsp3) is 0.375. The van der Waals surface area contributed by atoms with E-state index in [0.29, 0.717) is 29.8 Å². The van der Waals surface area contributed by atoms with E-state index < -0.39 is 12.0 Å². The average molecular weight is 554 g/mol. The molecule has 0 saturated carbocycles. The Labute approximate surface area is 222 Å². The lowest BCUT2D eigenvalue weighted by Crippen LogP contribution is -2.51. The molecule has 1 aliphatic heterocycles. The minimum Gasteiger partial charge on any atom is -0.508 e. The van der Waals surface area contributed by atoms with Gasteiger partial charge in [0.15, 0.2) is 0 Å². The standard InChI is InChI=1S/C24H26F3N7O3.ClH/c1-15(35)28-13-22(37)33-10-9-20(19(14-33)16-5-3-2-4-6-16)29-12-17-11-18(7-8-21(17)36)34-23(24(25,26)27)30-31-32-34;/h2-8,11,19-20,29,36H,9-10,12-14H2,1H3,(H,28,35);1H/t19-,20-;/m0./s1. The highest BCUT2D eigenvalue weighted by Gasteiger charge is 2.38. The van der Waals surface area contributed by atoms with Crippen LogP contribution in [0.25, 0.3) is 5.69 Å². The third-order valence-electron chi connectivity index (χ3n) is 6.27. The molecule has 14 heteroatoms. The number of hydrogen-bond donors (Lipinski definition) is 3. The van der Waals surface area contributed by atoms with Gasteiger partial charge in [0, 0.05) is 44.1 Å². The summed E-state index contributed by atoms with van der Waals surface area (Å²) in [5, 5.41) is 26.0. The molecular formula is C24H27ClF3N7O3. The summed E-state index contributed by atoms with van der Waals surface area (Å²) < 4.78 is 40.3. The number of phenols is 1. The molecule has 0 unspecified atom stereocenters. The summed E-state index contributed by atoms with van der Waals surface area (Å²) >= 11 is 0. The van der Waals surface area contributed by atoms with Crippen LogP contribution in [-0.4, -0.2) is 67.7 Å². The number of alkyl halides is 3. The van der Waals surface area contributed by atoms with E-state index in [-0.39, 0.29) is 60.7 Å². The van der Waals surface area contributed by atoms with Crippen LogP contribution in [0.5, 0.6) is 5.75 Å². The minimum absolute atomic E-state index is 0. The number of benzene rings is 2. The molecule has 2 atom stereocenters. The Morgan fingerprint density at radius 1 is 1.16 bits per heavy atom. The number of nitrogens with one attached hydrogen (secondary N) is 2. The van der Waals surface area contributed by atoms with Crippen molar-refractivity contribution >= 4 is 24.2 Å². The molecule has 204 valence electrons. The predicted octanol–water partition coefficient (Wildman–Crippen LogP) is 2.42. The summed E-state index contributed by atoms with van der Waals surface area (Å²) in [7, 11) is 0. The Morgan fingerprint density at radius 3 is 2.58 bits per heavy atom. The lowest BCUT2D eigenvalue weighted by atomic mass is 9.85. The van der Waals surface area contributed by atoms with Gasteiger partial charge >= 0.3 is 6.18 Å². The van der Waals surface area contributed by atoms with Gasteiger partial charge in [0.1, 0.15) is 5.75 Å². The summed E-state index contributed by atoms with van der Waals surface area (Å²) in [5.41, 5.74) is 1.44. The van der Waals surface area contributed by atoms with Crippen molar-refractivity contribution in [1.82, 2.24) is 35.7 Å². The second kappa shape index (κ2) is 12.2. The van der Waals surface area contributed by atoms with Gasteiger partial charge in [-0.05, 0) is 40.6 Å². The number of phenolic OH excluding ortho intramolecular Hbond substituents is 1. The lowest BCUT2D eigenvalue weighted by molar-refractivity contribution is -0.146. The van der Waals surface area contributed by atoms with Crippen molar-refractivity contribution in [2.75, 3.05) is 19.6 Å². The summed E-state index contributed by atoms with van der Waals surface area (Å²) in [6.07, 6.45) is -4.15. The minimum atomic E-state index is -4.74. The molecule has 0 bridgehead atoms. The van der Waals surface area contributed by atoms with Crippen LogP contribution in [0, 0.1) is 0 Å². The number of piperidine rings is 1. The number of likely N-dealkylation sites (tertiary alicyclic amines) is 1. The Kier molecular flexibility index (Phi) is 9.28. The van der Waals surface area contributed by atoms with Crippen LogP contribution in [0.3, 0.4) is 0 Å². The largest absolute Gasteiger partial charge is 0.508 e. The Balaban J connectivity index is 0.00000400. The summed E-state index contributed by atoms with van der Waals surface area (Å²) in [6, 6.07) is 13.6. The number of hydrogen-bond acceptors (Lipinski definition) is 7. The SMILES string of the molecule is CC(=O)NCC(=O)N1CC[C@H](NCc2cc(-n3nnnc3C(F)(F)F)ccc2O)[C@H](c2ccccc2)C1.Cl. The molecule has 1 aromatic heterocycles. The van der Waals surface area contributed by atoms with Crippen molar-refractivity contribution in [1.29, 1.82) is 0 Å². The number of carbonyl (C=O) groups excluding carboxylic acids is 2. The molecule has 4 rings (SSSR count). The molecule has 3 N–H and O–H groups in total. The van der Waals surface area contributed by atoms with E-state index in [1.165, 1.54) is 25.1 Å². The van der Waals surface area contributed by atoms with Crippen molar-refractivity contribution in [3.8, 4) is 11.4 Å². The van der Waals surface area contributed by atoms with Crippen LogP contribution < -0.4 is 10.6 Å². The van der Waals surface area contributed by atoms with Gasteiger partial charge in [-0.25, -0.2) is 0 Å². The zero-order valence-electron chi connectivity index (χ0n) is 20.4. The summed E-state index contributed by atoms with van der Waals surface area (Å²) in [5.74, 6) is -1.90. The molecule has 3 aromatic rings. The van der Waals surface area contributed by atoms with Crippen LogP contribution in [0.1, 0.15) is 36.2 Å². The maximum absolute atomic E-state index is 13.2. The third-order valence-corrected chi connectivity index (χ3v) is 6.27. The smallest absolute Gasteiger partial charge is 0.453 e. The Morgan fingerprint density at radius 2 is 1.89 bits per heavy atom. The number of aromatic hydroxyl groups is 1. The number of tetrazole rings is 1. The van der Waals surface area contributed by atoms with Crippen LogP contribution >= 0.6 is 12.4 Å². The van der Waals surface area contributed by atoms with Crippen molar-refractivity contribution in [2.24, 2.45) is 0 Å². The average Bonchev–Trinajstić information content (AvgIpc) is 3.38. The lowest BCUT2D eigenvalue weighted by Gasteiger charge is -2.39. The van der Waals surface area contributed by atoms with Crippen molar-refractivity contribution in [2.45, 2.75) is 38.0 Å². The zero-order chi connectivity index (χ0) is 26.6. The molecule has 0 spiro atoms. The van der Waals surface area contributed by atoms with Gasteiger partial charge in [0.2, 0.25) is 11.8 Å². The van der Waals surface area contributed by atoms with E-state index in [4.69, 9.17) is 0 Å². The van der Waals surface area contributed by atoms with Gasteiger partial charge in [0.05, 0.1) is 12.2 Å². The fourth-order valence-corrected chi connectivity index (χ4v) is 4.40. The second-order valence-corrected chi connectivity index (χ2v) is 8.77. The number of nitrogens with zero attached hydrogens (tertiary/aromatic N) is 5. The zero-order valence-corrected chi connectivity index (χ0v) is 21.2. The molecule has 0 radical (unpaired) electrons. The molecule has 1 saturated heterocycles. The number of aromatic nitrogens is 4. The van der Waals surface area contributed by atoms with Crippen LogP contribution in [0.15, 0.2) is 48.5 Å². The molecule has 2 heterocycles. The van der Waals surface area contributed by atoms with E-state index >= 15 is 0 Å².